The third-order valence-electron chi connectivity index (χ3n) is 2.93. The van der Waals surface area contributed by atoms with Gasteiger partial charge in [0.15, 0.2) is 0 Å². The van der Waals surface area contributed by atoms with E-state index in [1.807, 2.05) is 0 Å². The van der Waals surface area contributed by atoms with Gasteiger partial charge in [0.25, 0.3) is 0 Å². The number of esters is 1. The Morgan fingerprint density at radius 1 is 1.27 bits per heavy atom. The van der Waals surface area contributed by atoms with Crippen LogP contribution in [0.5, 0.6) is 0 Å². The second kappa shape index (κ2) is 5.73. The van der Waals surface area contributed by atoms with Crippen molar-refractivity contribution >= 4 is 11.9 Å². The van der Waals surface area contributed by atoms with Crippen molar-refractivity contribution in [3.05, 3.63) is 0 Å². The minimum atomic E-state index is -0.741. The molecule has 1 saturated carbocycles. The van der Waals surface area contributed by atoms with Crippen molar-refractivity contribution in [2.45, 2.75) is 39.0 Å². The van der Waals surface area contributed by atoms with Crippen LogP contribution >= 0.6 is 0 Å². The molecule has 86 valence electrons. The smallest absolute Gasteiger partial charge is 0.308 e. The largest absolute Gasteiger partial charge is 0.481 e. The predicted octanol–water partition coefficient (Wildman–Crippen LogP) is 1.83. The van der Waals surface area contributed by atoms with Crippen LogP contribution in [0.2, 0.25) is 0 Å². The Balaban J connectivity index is 2.29. The van der Waals surface area contributed by atoms with Gasteiger partial charge in [-0.1, -0.05) is 0 Å². The lowest BCUT2D eigenvalue weighted by molar-refractivity contribution is -0.149. The van der Waals surface area contributed by atoms with Crippen molar-refractivity contribution in [2.75, 3.05) is 6.61 Å². The van der Waals surface area contributed by atoms with E-state index in [0.717, 1.165) is 25.7 Å². The molecule has 0 aromatic heterocycles. The fourth-order valence-corrected chi connectivity index (χ4v) is 2.11. The number of hydrogen-bond acceptors (Lipinski definition) is 3. The molecule has 0 atom stereocenters. The maximum atomic E-state index is 11.4. The van der Waals surface area contributed by atoms with Gasteiger partial charge >= 0.3 is 11.9 Å². The summed E-state index contributed by atoms with van der Waals surface area (Å²) < 4.78 is 4.94. The van der Waals surface area contributed by atoms with Crippen molar-refractivity contribution in [3.63, 3.8) is 0 Å². The molecular formula is C11H18O4. The highest BCUT2D eigenvalue weighted by molar-refractivity contribution is 5.72. The zero-order valence-electron chi connectivity index (χ0n) is 9.07. The lowest BCUT2D eigenvalue weighted by Crippen LogP contribution is -2.24. The van der Waals surface area contributed by atoms with E-state index in [9.17, 15) is 9.59 Å². The van der Waals surface area contributed by atoms with E-state index in [0.29, 0.717) is 6.61 Å². The zero-order chi connectivity index (χ0) is 11.3. The van der Waals surface area contributed by atoms with Crippen LogP contribution < -0.4 is 0 Å². The van der Waals surface area contributed by atoms with Crippen LogP contribution in [0, 0.1) is 11.8 Å². The maximum Gasteiger partial charge on any atom is 0.308 e. The third-order valence-corrected chi connectivity index (χ3v) is 2.93. The standard InChI is InChI=1S/C11H18O4/c1-2-15-11(14)9-5-3-8(4-6-9)7-10(12)13/h8-9H,2-7H2,1H3,(H,12,13)/t8-,9+. The molecule has 1 fully saturated rings. The van der Waals surface area contributed by atoms with Crippen LogP contribution in [0.3, 0.4) is 0 Å². The van der Waals surface area contributed by atoms with Crippen LogP contribution in [0.15, 0.2) is 0 Å². The van der Waals surface area contributed by atoms with Crippen LogP contribution in [0.25, 0.3) is 0 Å². The van der Waals surface area contributed by atoms with E-state index in [2.05, 4.69) is 0 Å². The summed E-state index contributed by atoms with van der Waals surface area (Å²) in [6.45, 7) is 2.22. The summed E-state index contributed by atoms with van der Waals surface area (Å²) in [5.41, 5.74) is 0. The van der Waals surface area contributed by atoms with E-state index >= 15 is 0 Å². The Bertz CT molecular complexity index is 229. The van der Waals surface area contributed by atoms with Crippen molar-refractivity contribution in [3.8, 4) is 0 Å². The molecular weight excluding hydrogens is 196 g/mol. The van der Waals surface area contributed by atoms with Gasteiger partial charge < -0.3 is 9.84 Å². The number of hydrogen-bond donors (Lipinski definition) is 1. The van der Waals surface area contributed by atoms with Gasteiger partial charge in [-0.15, -0.1) is 0 Å². The number of carboxylic acid groups (broad SMARTS) is 1. The molecule has 1 aliphatic carbocycles. The second-order valence-corrected chi connectivity index (χ2v) is 4.07. The maximum absolute atomic E-state index is 11.4. The Morgan fingerprint density at radius 3 is 2.33 bits per heavy atom. The topological polar surface area (TPSA) is 63.6 Å². The van der Waals surface area contributed by atoms with Gasteiger partial charge in [0.2, 0.25) is 0 Å². The molecule has 0 amide bonds. The first-order valence-corrected chi connectivity index (χ1v) is 5.52. The summed E-state index contributed by atoms with van der Waals surface area (Å²) >= 11 is 0. The van der Waals surface area contributed by atoms with Gasteiger partial charge in [-0.05, 0) is 38.5 Å². The van der Waals surface area contributed by atoms with Crippen LogP contribution in [-0.4, -0.2) is 23.7 Å². The second-order valence-electron chi connectivity index (χ2n) is 4.07. The molecule has 4 heteroatoms. The minimum Gasteiger partial charge on any atom is -0.481 e. The van der Waals surface area contributed by atoms with Crippen LogP contribution in [0.1, 0.15) is 39.0 Å². The molecule has 0 bridgehead atoms. The molecule has 4 nitrogen and oxygen atoms in total. The first-order valence-electron chi connectivity index (χ1n) is 5.52. The molecule has 0 saturated heterocycles. The van der Waals surface area contributed by atoms with Gasteiger partial charge in [-0.3, -0.25) is 9.59 Å². The number of carboxylic acids is 1. The molecule has 0 aromatic rings. The molecule has 0 heterocycles. The molecule has 1 N–H and O–H groups in total. The quantitative estimate of drug-likeness (QED) is 0.725. The predicted molar refractivity (Wildman–Crippen MR) is 54.3 cm³/mol. The monoisotopic (exact) mass is 214 g/mol. The molecule has 1 rings (SSSR count). The molecule has 0 radical (unpaired) electrons. The average molecular weight is 214 g/mol. The van der Waals surface area contributed by atoms with Gasteiger partial charge in [0, 0.05) is 6.42 Å². The van der Waals surface area contributed by atoms with E-state index in [1.165, 1.54) is 0 Å². The summed E-state index contributed by atoms with van der Waals surface area (Å²) in [5, 5.41) is 8.63. The Hall–Kier alpha value is -1.06. The lowest BCUT2D eigenvalue weighted by Gasteiger charge is -2.25. The average Bonchev–Trinajstić information content (AvgIpc) is 2.18. The minimum absolute atomic E-state index is 0.00463. The number of ether oxygens (including phenoxy) is 1. The summed E-state index contributed by atoms with van der Waals surface area (Å²) in [5.74, 6) is -0.621. The number of aliphatic carboxylic acids is 1. The highest BCUT2D eigenvalue weighted by atomic mass is 16.5. The summed E-state index contributed by atoms with van der Waals surface area (Å²) in [6.07, 6.45) is 3.44. The lowest BCUT2D eigenvalue weighted by atomic mass is 9.80. The van der Waals surface area contributed by atoms with Crippen LogP contribution in [0.4, 0.5) is 0 Å². The first kappa shape index (κ1) is 12.0. The molecule has 0 unspecified atom stereocenters. The Kier molecular flexibility index (Phi) is 4.59. The molecule has 0 aliphatic heterocycles. The normalized spacial score (nSPS) is 25.9. The van der Waals surface area contributed by atoms with E-state index in [-0.39, 0.29) is 24.2 Å². The first-order chi connectivity index (χ1) is 7.13. The van der Waals surface area contributed by atoms with Gasteiger partial charge in [0.05, 0.1) is 12.5 Å². The zero-order valence-corrected chi connectivity index (χ0v) is 9.07. The summed E-state index contributed by atoms with van der Waals surface area (Å²) in [4.78, 5) is 21.9. The van der Waals surface area contributed by atoms with Gasteiger partial charge in [0.1, 0.15) is 0 Å². The van der Waals surface area contributed by atoms with E-state index in [4.69, 9.17) is 9.84 Å². The molecule has 0 aromatic carbocycles. The van der Waals surface area contributed by atoms with Crippen molar-refractivity contribution in [2.24, 2.45) is 11.8 Å². The summed E-state index contributed by atoms with van der Waals surface area (Å²) in [6, 6.07) is 0. The third kappa shape index (κ3) is 3.90. The van der Waals surface area contributed by atoms with Crippen molar-refractivity contribution in [1.82, 2.24) is 0 Å². The van der Waals surface area contributed by atoms with Crippen LogP contribution in [-0.2, 0) is 14.3 Å². The fourth-order valence-electron chi connectivity index (χ4n) is 2.11. The van der Waals surface area contributed by atoms with Gasteiger partial charge in [-0.25, -0.2) is 0 Å². The van der Waals surface area contributed by atoms with Crippen molar-refractivity contribution in [1.29, 1.82) is 0 Å². The number of carbonyl (C=O) groups is 2. The highest BCUT2D eigenvalue weighted by Gasteiger charge is 2.27. The Morgan fingerprint density at radius 2 is 1.87 bits per heavy atom. The SMILES string of the molecule is CCOC(=O)[C@H]1CC[C@@H](CC(=O)O)CC1. The summed E-state index contributed by atoms with van der Waals surface area (Å²) in [7, 11) is 0. The van der Waals surface area contributed by atoms with Crippen molar-refractivity contribution < 1.29 is 19.4 Å². The molecule has 1 aliphatic rings. The number of carbonyl (C=O) groups excluding carboxylic acids is 1. The molecule has 15 heavy (non-hydrogen) atoms. The Labute approximate surface area is 89.6 Å². The highest BCUT2D eigenvalue weighted by Crippen LogP contribution is 2.31. The van der Waals surface area contributed by atoms with E-state index < -0.39 is 5.97 Å². The number of rotatable bonds is 4. The molecule has 0 spiro atoms. The fraction of sp³-hybridized carbons (Fsp3) is 0.818. The van der Waals surface area contributed by atoms with Gasteiger partial charge in [-0.2, -0.15) is 0 Å². The van der Waals surface area contributed by atoms with E-state index in [1.54, 1.807) is 6.92 Å².